The van der Waals surface area contributed by atoms with Gasteiger partial charge in [-0.2, -0.15) is 5.26 Å². The Labute approximate surface area is 304 Å². The molecule has 0 amide bonds. The van der Waals surface area contributed by atoms with Gasteiger partial charge in [0.1, 0.15) is 42.2 Å². The maximum absolute atomic E-state index is 13.2. The van der Waals surface area contributed by atoms with Gasteiger partial charge in [-0.15, -0.1) is 0 Å². The van der Waals surface area contributed by atoms with Gasteiger partial charge in [0.2, 0.25) is 0 Å². The highest BCUT2D eigenvalue weighted by atomic mass is 35.5. The first kappa shape index (κ1) is 35.2. The summed E-state index contributed by atoms with van der Waals surface area (Å²) in [5.74, 6) is 2.14. The zero-order valence-electron chi connectivity index (χ0n) is 29.1. The molecule has 2 fully saturated rings. The number of hydrogen-bond donors (Lipinski definition) is 2. The van der Waals surface area contributed by atoms with E-state index >= 15 is 0 Å². The second kappa shape index (κ2) is 16.4. The van der Waals surface area contributed by atoms with Crippen molar-refractivity contribution in [2.75, 3.05) is 39.3 Å². The standard InChI is InChI=1S/C41H45ClFN5O3/c1-27-33(7-3-10-38(27)49-15-5-14-48-24-31(43)25-48)34-8-2-9-36-35(34)11-12-39(36)51-41-18-40(50-26-29-16-28(19-44)20-45-21-29)30(17-37(41)42)22-46-23-32-6-4-13-47-32/h2-3,7-10,16-18,20-21,31-32,39,46-47H,4-6,11-15,22-26H2,1H3/t32?,39-/m0/s1. The van der Waals surface area contributed by atoms with Crippen molar-refractivity contribution in [2.24, 2.45) is 0 Å². The van der Waals surface area contributed by atoms with Crippen molar-refractivity contribution in [1.82, 2.24) is 20.5 Å². The van der Waals surface area contributed by atoms with E-state index in [0.717, 1.165) is 78.9 Å². The summed E-state index contributed by atoms with van der Waals surface area (Å²) in [5.41, 5.74) is 8.13. The molecule has 1 unspecified atom stereocenters. The second-order valence-electron chi connectivity index (χ2n) is 13.8. The number of halogens is 2. The van der Waals surface area contributed by atoms with Gasteiger partial charge in [-0.1, -0.05) is 41.9 Å². The molecular weight excluding hydrogens is 665 g/mol. The number of likely N-dealkylation sites (tertiary alicyclic amines) is 1. The van der Waals surface area contributed by atoms with Gasteiger partial charge in [0.05, 0.1) is 17.2 Å². The number of rotatable bonds is 15. The Hall–Kier alpha value is -4.20. The van der Waals surface area contributed by atoms with Crippen molar-refractivity contribution in [2.45, 2.75) is 70.5 Å². The molecule has 3 heterocycles. The van der Waals surface area contributed by atoms with E-state index in [9.17, 15) is 9.65 Å². The molecule has 1 aromatic heterocycles. The highest BCUT2D eigenvalue weighted by Gasteiger charge is 2.29. The van der Waals surface area contributed by atoms with Crippen LogP contribution in [0, 0.1) is 18.3 Å². The van der Waals surface area contributed by atoms with Gasteiger partial charge in [-0.25, -0.2) is 4.39 Å². The molecule has 4 aromatic rings. The zero-order valence-corrected chi connectivity index (χ0v) is 29.9. The van der Waals surface area contributed by atoms with E-state index < -0.39 is 6.17 Å². The quantitative estimate of drug-likeness (QED) is 0.123. The minimum Gasteiger partial charge on any atom is -0.493 e. The second-order valence-corrected chi connectivity index (χ2v) is 14.2. The number of ether oxygens (including phenoxy) is 3. The number of aromatic nitrogens is 1. The van der Waals surface area contributed by atoms with E-state index in [-0.39, 0.29) is 12.7 Å². The summed E-state index contributed by atoms with van der Waals surface area (Å²) in [6.45, 7) is 7.43. The van der Waals surface area contributed by atoms with Crippen LogP contribution in [0.1, 0.15) is 65.2 Å². The zero-order chi connectivity index (χ0) is 35.2. The number of hydrogen-bond acceptors (Lipinski definition) is 8. The number of fused-ring (bicyclic) bond motifs is 1. The van der Waals surface area contributed by atoms with Crippen molar-refractivity contribution in [3.8, 4) is 34.4 Å². The van der Waals surface area contributed by atoms with Gasteiger partial charge >= 0.3 is 0 Å². The van der Waals surface area contributed by atoms with Crippen LogP contribution in [0.25, 0.3) is 11.1 Å². The molecule has 2 aliphatic heterocycles. The van der Waals surface area contributed by atoms with Crippen LogP contribution in [0.5, 0.6) is 17.2 Å². The lowest BCUT2D eigenvalue weighted by molar-refractivity contribution is 0.0612. The number of alkyl halides is 1. The molecule has 0 spiro atoms. The van der Waals surface area contributed by atoms with E-state index in [0.29, 0.717) is 54.4 Å². The van der Waals surface area contributed by atoms with E-state index in [2.05, 4.69) is 63.8 Å². The molecular formula is C41H45ClFN5O3. The molecule has 10 heteroatoms. The third-order valence-electron chi connectivity index (χ3n) is 10.1. The van der Waals surface area contributed by atoms with Gasteiger partial charge in [-0.3, -0.25) is 9.88 Å². The summed E-state index contributed by atoms with van der Waals surface area (Å²) >= 11 is 6.92. The van der Waals surface area contributed by atoms with Crippen LogP contribution in [0.15, 0.2) is 67.0 Å². The molecule has 8 nitrogen and oxygen atoms in total. The van der Waals surface area contributed by atoms with E-state index in [4.69, 9.17) is 25.8 Å². The fraction of sp³-hybridized carbons (Fsp3) is 0.415. The predicted molar refractivity (Wildman–Crippen MR) is 197 cm³/mol. The number of pyridine rings is 1. The van der Waals surface area contributed by atoms with Crippen LogP contribution in [-0.4, -0.2) is 61.4 Å². The maximum Gasteiger partial charge on any atom is 0.142 e. The minimum absolute atomic E-state index is 0.163. The van der Waals surface area contributed by atoms with Crippen LogP contribution >= 0.6 is 11.6 Å². The summed E-state index contributed by atoms with van der Waals surface area (Å²) in [6, 6.07) is 20.9. The van der Waals surface area contributed by atoms with Gasteiger partial charge < -0.3 is 24.8 Å². The average Bonchev–Trinajstić information content (AvgIpc) is 3.81. The van der Waals surface area contributed by atoms with E-state index in [1.165, 1.54) is 17.5 Å². The maximum atomic E-state index is 13.2. The molecule has 266 valence electrons. The molecule has 0 saturated carbocycles. The SMILES string of the molecule is Cc1c(OCCCN2CC(F)C2)cccc1-c1cccc2c1CC[C@@H]2Oc1cc(OCc2cncc(C#N)c2)c(CNCC2CCCN2)cc1Cl. The summed E-state index contributed by atoms with van der Waals surface area (Å²) < 4.78 is 32.4. The fourth-order valence-corrected chi connectivity index (χ4v) is 7.64. The van der Waals surface area contributed by atoms with Gasteiger partial charge in [0.25, 0.3) is 0 Å². The topological polar surface area (TPSA) is 91.7 Å². The number of nitrogens with one attached hydrogen (secondary N) is 2. The van der Waals surface area contributed by atoms with E-state index in [1.807, 2.05) is 18.2 Å². The first-order valence-corrected chi connectivity index (χ1v) is 18.4. The molecule has 2 N–H and O–H groups in total. The van der Waals surface area contributed by atoms with Crippen LogP contribution in [0.4, 0.5) is 4.39 Å². The van der Waals surface area contributed by atoms with Gasteiger partial charge in [-0.05, 0) is 91.6 Å². The predicted octanol–water partition coefficient (Wildman–Crippen LogP) is 7.49. The number of benzene rings is 3. The largest absolute Gasteiger partial charge is 0.493 e. The van der Waals surface area contributed by atoms with Crippen LogP contribution in [-0.2, 0) is 19.6 Å². The summed E-state index contributed by atoms with van der Waals surface area (Å²) in [7, 11) is 0. The Balaban J connectivity index is 1.07. The third-order valence-corrected chi connectivity index (χ3v) is 10.4. The lowest BCUT2D eigenvalue weighted by Crippen LogP contribution is -2.48. The van der Waals surface area contributed by atoms with Crippen molar-refractivity contribution in [3.63, 3.8) is 0 Å². The molecule has 1 aliphatic carbocycles. The molecule has 3 aromatic carbocycles. The summed E-state index contributed by atoms with van der Waals surface area (Å²) in [5, 5.41) is 17.0. The lowest BCUT2D eigenvalue weighted by Gasteiger charge is -2.34. The average molecular weight is 710 g/mol. The van der Waals surface area contributed by atoms with Crippen molar-refractivity contribution >= 4 is 11.6 Å². The van der Waals surface area contributed by atoms with Crippen LogP contribution in [0.3, 0.4) is 0 Å². The highest BCUT2D eigenvalue weighted by molar-refractivity contribution is 6.32. The molecule has 3 aliphatic rings. The molecule has 0 radical (unpaired) electrons. The Morgan fingerprint density at radius 3 is 2.73 bits per heavy atom. The normalized spacial score (nSPS) is 18.6. The Kier molecular flexibility index (Phi) is 11.3. The number of nitriles is 1. The van der Waals surface area contributed by atoms with Gasteiger partial charge in [0.15, 0.2) is 0 Å². The van der Waals surface area contributed by atoms with Crippen molar-refractivity contribution in [1.29, 1.82) is 5.26 Å². The van der Waals surface area contributed by atoms with Crippen molar-refractivity contribution in [3.05, 3.63) is 105 Å². The van der Waals surface area contributed by atoms with Crippen molar-refractivity contribution < 1.29 is 18.6 Å². The lowest BCUT2D eigenvalue weighted by atomic mass is 9.93. The minimum atomic E-state index is -0.675. The molecule has 2 atom stereocenters. The van der Waals surface area contributed by atoms with E-state index in [1.54, 1.807) is 18.5 Å². The first-order chi connectivity index (χ1) is 24.9. The van der Waals surface area contributed by atoms with Gasteiger partial charge in [0, 0.05) is 68.4 Å². The Bertz CT molecular complexity index is 1870. The molecule has 51 heavy (non-hydrogen) atoms. The molecule has 7 rings (SSSR count). The Morgan fingerprint density at radius 2 is 1.90 bits per heavy atom. The van der Waals surface area contributed by atoms with Crippen LogP contribution in [0.2, 0.25) is 5.02 Å². The summed E-state index contributed by atoms with van der Waals surface area (Å²) in [4.78, 5) is 6.31. The number of nitrogens with zero attached hydrogens (tertiary/aromatic N) is 3. The smallest absolute Gasteiger partial charge is 0.142 e. The summed E-state index contributed by atoms with van der Waals surface area (Å²) in [6.07, 6.45) is 7.36. The monoisotopic (exact) mass is 709 g/mol. The third kappa shape index (κ3) is 8.48. The fourth-order valence-electron chi connectivity index (χ4n) is 7.41. The first-order valence-electron chi connectivity index (χ1n) is 18.1. The van der Waals surface area contributed by atoms with Crippen LogP contribution < -0.4 is 24.8 Å². The highest BCUT2D eigenvalue weighted by Crippen LogP contribution is 2.44. The Morgan fingerprint density at radius 1 is 1.04 bits per heavy atom. The molecule has 2 saturated heterocycles. The molecule has 0 bridgehead atoms.